The number of rotatable bonds is 7. The number of carbonyl (C=O) groups is 1. The van der Waals surface area contributed by atoms with E-state index < -0.39 is 10.0 Å². The highest BCUT2D eigenvalue weighted by Crippen LogP contribution is 2.20. The van der Waals surface area contributed by atoms with E-state index in [4.69, 9.17) is 11.6 Å². The molecule has 0 radical (unpaired) electrons. The summed E-state index contributed by atoms with van der Waals surface area (Å²) in [5.74, 6) is -0.160. The summed E-state index contributed by atoms with van der Waals surface area (Å²) < 4.78 is 27.9. The third-order valence-electron chi connectivity index (χ3n) is 4.97. The Morgan fingerprint density at radius 1 is 0.964 bits per heavy atom. The largest absolute Gasteiger partial charge is 0.352 e. The third-order valence-corrected chi connectivity index (χ3v) is 6.75. The molecule has 0 spiro atoms. The second kappa shape index (κ2) is 9.54. The highest BCUT2D eigenvalue weighted by Gasteiger charge is 2.21. The lowest BCUT2D eigenvalue weighted by Gasteiger charge is -2.22. The Hall–Kier alpha value is -1.89. The quantitative estimate of drug-likeness (QED) is 0.712. The summed E-state index contributed by atoms with van der Waals surface area (Å²) in [5.41, 5.74) is 1.52. The first-order valence-electron chi connectivity index (χ1n) is 9.59. The average molecular weight is 421 g/mol. The molecule has 5 nitrogen and oxygen atoms in total. The first-order valence-corrected chi connectivity index (χ1v) is 11.5. The molecule has 3 rings (SSSR count). The lowest BCUT2D eigenvalue weighted by atomic mass is 9.96. The molecule has 0 saturated heterocycles. The highest BCUT2D eigenvalue weighted by atomic mass is 35.5. The van der Waals surface area contributed by atoms with Crippen molar-refractivity contribution in [1.82, 2.24) is 10.0 Å². The van der Waals surface area contributed by atoms with Crippen LogP contribution in [0.2, 0.25) is 5.02 Å². The van der Waals surface area contributed by atoms with Crippen molar-refractivity contribution < 1.29 is 13.2 Å². The Bertz CT molecular complexity index is 890. The summed E-state index contributed by atoms with van der Waals surface area (Å²) in [6.07, 6.45) is 5.77. The molecule has 1 aliphatic carbocycles. The van der Waals surface area contributed by atoms with E-state index in [-0.39, 0.29) is 16.8 Å². The van der Waals surface area contributed by atoms with Crippen LogP contribution < -0.4 is 10.0 Å². The first-order chi connectivity index (χ1) is 13.4. The lowest BCUT2D eigenvalue weighted by Crippen LogP contribution is -2.36. The van der Waals surface area contributed by atoms with Crippen LogP contribution in [0.1, 0.15) is 48.0 Å². The zero-order valence-electron chi connectivity index (χ0n) is 15.7. The Balaban J connectivity index is 1.51. The molecule has 0 aromatic heterocycles. The number of hydrogen-bond acceptors (Lipinski definition) is 3. The van der Waals surface area contributed by atoms with Crippen molar-refractivity contribution in [3.05, 3.63) is 64.7 Å². The molecule has 28 heavy (non-hydrogen) atoms. The molecule has 2 aromatic rings. The van der Waals surface area contributed by atoms with Crippen molar-refractivity contribution in [2.24, 2.45) is 0 Å². The van der Waals surface area contributed by atoms with Crippen LogP contribution in [-0.2, 0) is 16.4 Å². The summed E-state index contributed by atoms with van der Waals surface area (Å²) in [5, 5.41) is 3.44. The van der Waals surface area contributed by atoms with Crippen molar-refractivity contribution in [2.45, 2.75) is 49.5 Å². The number of nitrogens with one attached hydrogen (secondary N) is 2. The first kappa shape index (κ1) is 20.8. The summed E-state index contributed by atoms with van der Waals surface area (Å²) >= 11 is 5.82. The number of amides is 1. The van der Waals surface area contributed by atoms with E-state index in [9.17, 15) is 13.2 Å². The molecule has 1 aliphatic rings. The number of hydrogen-bond donors (Lipinski definition) is 2. The molecule has 1 amide bonds. The molecular formula is C21H25ClN2O3S. The maximum Gasteiger partial charge on any atom is 0.251 e. The molecule has 1 fully saturated rings. The van der Waals surface area contributed by atoms with Crippen LogP contribution in [0.3, 0.4) is 0 Å². The highest BCUT2D eigenvalue weighted by molar-refractivity contribution is 7.89. The van der Waals surface area contributed by atoms with Gasteiger partial charge in [0.1, 0.15) is 0 Å². The van der Waals surface area contributed by atoms with Crippen LogP contribution in [-0.4, -0.2) is 26.9 Å². The summed E-state index contributed by atoms with van der Waals surface area (Å²) in [6.45, 7) is 0.466. The fourth-order valence-electron chi connectivity index (χ4n) is 3.37. The number of carbonyl (C=O) groups excluding carboxylic acids is 1. The van der Waals surface area contributed by atoms with Crippen molar-refractivity contribution >= 4 is 27.5 Å². The summed E-state index contributed by atoms with van der Waals surface area (Å²) in [4.78, 5) is 12.4. The third kappa shape index (κ3) is 5.80. The fourth-order valence-corrected chi connectivity index (χ4v) is 4.80. The molecule has 150 valence electrons. The van der Waals surface area contributed by atoms with Crippen molar-refractivity contribution in [2.75, 3.05) is 6.54 Å². The van der Waals surface area contributed by atoms with Crippen LogP contribution in [0.15, 0.2) is 53.4 Å². The van der Waals surface area contributed by atoms with E-state index in [0.29, 0.717) is 23.6 Å². The van der Waals surface area contributed by atoms with Gasteiger partial charge in [-0.2, -0.15) is 0 Å². The van der Waals surface area contributed by atoms with Gasteiger partial charge in [-0.25, -0.2) is 13.1 Å². The predicted octanol–water partition coefficient (Wildman–Crippen LogP) is 3.92. The van der Waals surface area contributed by atoms with E-state index >= 15 is 0 Å². The van der Waals surface area contributed by atoms with Crippen LogP contribution in [0.4, 0.5) is 0 Å². The molecule has 7 heteroatoms. The maximum atomic E-state index is 12.5. The Morgan fingerprint density at radius 3 is 2.25 bits per heavy atom. The molecule has 0 aliphatic heterocycles. The van der Waals surface area contributed by atoms with Gasteiger partial charge in [-0.3, -0.25) is 4.79 Å². The van der Waals surface area contributed by atoms with Crippen LogP contribution >= 0.6 is 11.6 Å². The molecule has 2 N–H and O–H groups in total. The zero-order valence-corrected chi connectivity index (χ0v) is 17.2. The molecule has 2 aromatic carbocycles. The van der Waals surface area contributed by atoms with Crippen molar-refractivity contribution in [3.63, 3.8) is 0 Å². The van der Waals surface area contributed by atoms with Gasteiger partial charge in [0.25, 0.3) is 5.91 Å². The minimum atomic E-state index is -3.48. The smallest absolute Gasteiger partial charge is 0.251 e. The van der Waals surface area contributed by atoms with Gasteiger partial charge in [-0.1, -0.05) is 43.0 Å². The molecule has 0 atom stereocenters. The van der Waals surface area contributed by atoms with E-state index in [1.807, 2.05) is 0 Å². The zero-order chi connectivity index (χ0) is 20.0. The van der Waals surface area contributed by atoms with Gasteiger partial charge in [-0.05, 0) is 61.2 Å². The van der Waals surface area contributed by atoms with E-state index in [1.165, 1.54) is 6.42 Å². The monoisotopic (exact) mass is 420 g/mol. The van der Waals surface area contributed by atoms with Crippen LogP contribution in [0, 0.1) is 0 Å². The number of halogens is 1. The number of sulfonamides is 1. The van der Waals surface area contributed by atoms with Gasteiger partial charge >= 0.3 is 0 Å². The Morgan fingerprint density at radius 2 is 1.61 bits per heavy atom. The van der Waals surface area contributed by atoms with Gasteiger partial charge in [0.2, 0.25) is 10.0 Å². The Labute approximate surface area is 171 Å². The van der Waals surface area contributed by atoms with Gasteiger partial charge in [0.15, 0.2) is 0 Å². The van der Waals surface area contributed by atoms with Crippen LogP contribution in [0.5, 0.6) is 0 Å². The van der Waals surface area contributed by atoms with Gasteiger partial charge in [0.05, 0.1) is 4.90 Å². The standard InChI is InChI=1S/C21H25ClN2O3S/c22-18-10-8-17(9-11-18)21(25)23-15-14-16-6-12-20(13-7-16)28(26,27)24-19-4-2-1-3-5-19/h6-13,19,24H,1-5,14-15H2,(H,23,25). The minimum absolute atomic E-state index is 0.0431. The van der Waals surface area contributed by atoms with Gasteiger partial charge in [0, 0.05) is 23.2 Å². The lowest BCUT2D eigenvalue weighted by molar-refractivity contribution is 0.0954. The molecule has 0 unspecified atom stereocenters. The maximum absolute atomic E-state index is 12.5. The fraction of sp³-hybridized carbons (Fsp3) is 0.381. The Kier molecular flexibility index (Phi) is 7.10. The van der Waals surface area contributed by atoms with Crippen LogP contribution in [0.25, 0.3) is 0 Å². The molecule has 0 heterocycles. The topological polar surface area (TPSA) is 75.3 Å². The van der Waals surface area contributed by atoms with Crippen molar-refractivity contribution in [1.29, 1.82) is 0 Å². The average Bonchev–Trinajstić information content (AvgIpc) is 2.69. The minimum Gasteiger partial charge on any atom is -0.352 e. The normalized spacial score (nSPS) is 15.3. The molecule has 1 saturated carbocycles. The van der Waals surface area contributed by atoms with Gasteiger partial charge in [-0.15, -0.1) is 0 Å². The summed E-state index contributed by atoms with van der Waals surface area (Å²) in [7, 11) is -3.48. The number of benzene rings is 2. The molecular weight excluding hydrogens is 396 g/mol. The summed E-state index contributed by atoms with van der Waals surface area (Å²) in [6, 6.07) is 13.6. The van der Waals surface area contributed by atoms with E-state index in [2.05, 4.69) is 10.0 Å². The molecule has 0 bridgehead atoms. The van der Waals surface area contributed by atoms with Gasteiger partial charge < -0.3 is 5.32 Å². The van der Waals surface area contributed by atoms with E-state index in [1.54, 1.807) is 48.5 Å². The van der Waals surface area contributed by atoms with Crippen molar-refractivity contribution in [3.8, 4) is 0 Å². The van der Waals surface area contributed by atoms with E-state index in [0.717, 1.165) is 31.2 Å². The second-order valence-electron chi connectivity index (χ2n) is 7.11. The SMILES string of the molecule is O=C(NCCc1ccc(S(=O)(=O)NC2CCCCC2)cc1)c1ccc(Cl)cc1. The second-order valence-corrected chi connectivity index (χ2v) is 9.26. The predicted molar refractivity (Wildman–Crippen MR) is 111 cm³/mol.